The highest BCUT2D eigenvalue weighted by Gasteiger charge is 2.18. The predicted octanol–water partition coefficient (Wildman–Crippen LogP) is 1.33. The maximum absolute atomic E-state index is 11.1. The third-order valence-electron chi connectivity index (χ3n) is 2.04. The van der Waals surface area contributed by atoms with E-state index in [1.54, 1.807) is 11.9 Å². The van der Waals surface area contributed by atoms with Gasteiger partial charge in [0.1, 0.15) is 0 Å². The third-order valence-corrected chi connectivity index (χ3v) is 2.04. The van der Waals surface area contributed by atoms with Gasteiger partial charge < -0.3 is 10.2 Å². The highest BCUT2D eigenvalue weighted by atomic mass is 16.2. The first-order valence-corrected chi connectivity index (χ1v) is 3.87. The lowest BCUT2D eigenvalue weighted by molar-refractivity contribution is 0.215. The minimum absolute atomic E-state index is 0.00690. The Morgan fingerprint density at radius 2 is 2.27 bits per heavy atom. The van der Waals surface area contributed by atoms with E-state index in [9.17, 15) is 4.79 Å². The summed E-state index contributed by atoms with van der Waals surface area (Å²) >= 11 is 0. The summed E-state index contributed by atoms with van der Waals surface area (Å²) < 4.78 is 0. The number of nitrogens with zero attached hydrogens (tertiary/aromatic N) is 1. The zero-order valence-corrected chi connectivity index (χ0v) is 7.27. The maximum atomic E-state index is 11.1. The summed E-state index contributed by atoms with van der Waals surface area (Å²) in [6.45, 7) is 4.81. The van der Waals surface area contributed by atoms with Crippen LogP contribution in [0.4, 0.5) is 4.79 Å². The van der Waals surface area contributed by atoms with E-state index in [4.69, 9.17) is 0 Å². The molecule has 0 aliphatic carbocycles. The molecule has 11 heavy (non-hydrogen) atoms. The predicted molar refractivity (Wildman–Crippen MR) is 44.2 cm³/mol. The van der Waals surface area contributed by atoms with Gasteiger partial charge in [-0.1, -0.05) is 6.92 Å². The molecule has 1 aliphatic heterocycles. The zero-order chi connectivity index (χ0) is 8.43. The van der Waals surface area contributed by atoms with Gasteiger partial charge in [0.25, 0.3) is 0 Å². The first-order chi connectivity index (χ1) is 5.16. The summed E-state index contributed by atoms with van der Waals surface area (Å²) in [4.78, 5) is 12.8. The quantitative estimate of drug-likeness (QED) is 0.607. The number of rotatable bonds is 1. The molecule has 3 heteroatoms. The lowest BCUT2D eigenvalue weighted by atomic mass is 10.1. The summed E-state index contributed by atoms with van der Waals surface area (Å²) in [5, 5.41) is 2.77. The Hall–Kier alpha value is -0.990. The highest BCUT2D eigenvalue weighted by molar-refractivity contribution is 5.77. The highest BCUT2D eigenvalue weighted by Crippen LogP contribution is 2.15. The smallest absolute Gasteiger partial charge is 0.321 e. The second-order valence-electron chi connectivity index (χ2n) is 2.80. The minimum atomic E-state index is 0.00690. The maximum Gasteiger partial charge on any atom is 0.321 e. The number of amides is 2. The van der Waals surface area contributed by atoms with Crippen molar-refractivity contribution in [3.8, 4) is 0 Å². The van der Waals surface area contributed by atoms with Crippen LogP contribution in [0.3, 0.4) is 0 Å². The Labute approximate surface area is 67.1 Å². The molecule has 1 N–H and O–H groups in total. The van der Waals surface area contributed by atoms with Crippen molar-refractivity contribution in [1.82, 2.24) is 10.2 Å². The monoisotopic (exact) mass is 154 g/mol. The summed E-state index contributed by atoms with van der Waals surface area (Å²) in [6, 6.07) is 0.00690. The van der Waals surface area contributed by atoms with Gasteiger partial charge in [0, 0.05) is 19.3 Å². The topological polar surface area (TPSA) is 32.3 Å². The van der Waals surface area contributed by atoms with Crippen molar-refractivity contribution in [2.75, 3.05) is 13.6 Å². The van der Waals surface area contributed by atoms with Crippen LogP contribution in [0.15, 0.2) is 11.3 Å². The number of urea groups is 1. The van der Waals surface area contributed by atoms with Crippen molar-refractivity contribution in [2.45, 2.75) is 20.3 Å². The van der Waals surface area contributed by atoms with Crippen LogP contribution in [0.1, 0.15) is 20.3 Å². The van der Waals surface area contributed by atoms with E-state index in [1.807, 2.05) is 0 Å². The van der Waals surface area contributed by atoms with Crippen LogP contribution < -0.4 is 5.32 Å². The Morgan fingerprint density at radius 1 is 1.64 bits per heavy atom. The van der Waals surface area contributed by atoms with E-state index in [1.165, 1.54) is 5.57 Å². The molecule has 0 saturated carbocycles. The van der Waals surface area contributed by atoms with Crippen molar-refractivity contribution in [3.05, 3.63) is 11.3 Å². The number of nitrogens with one attached hydrogen (secondary N) is 1. The van der Waals surface area contributed by atoms with Gasteiger partial charge in [-0.15, -0.1) is 0 Å². The van der Waals surface area contributed by atoms with Crippen molar-refractivity contribution in [3.63, 3.8) is 0 Å². The van der Waals surface area contributed by atoms with Crippen molar-refractivity contribution >= 4 is 6.03 Å². The first-order valence-electron chi connectivity index (χ1n) is 3.87. The van der Waals surface area contributed by atoms with Crippen LogP contribution in [-0.4, -0.2) is 24.5 Å². The molecule has 2 amide bonds. The van der Waals surface area contributed by atoms with Gasteiger partial charge in [0.2, 0.25) is 0 Å². The molecule has 3 nitrogen and oxygen atoms in total. The van der Waals surface area contributed by atoms with Crippen LogP contribution >= 0.6 is 0 Å². The standard InChI is InChI=1S/C8H14N2O/c1-4-7-6(2)5-9-8(11)10(7)3/h4-5H2,1-3H3,(H,9,11). The van der Waals surface area contributed by atoms with E-state index in [2.05, 4.69) is 19.2 Å². The van der Waals surface area contributed by atoms with Gasteiger partial charge in [-0.2, -0.15) is 0 Å². The summed E-state index contributed by atoms with van der Waals surface area (Å²) in [5.41, 5.74) is 2.41. The zero-order valence-electron chi connectivity index (χ0n) is 7.27. The Bertz CT molecular complexity index is 208. The molecule has 0 aromatic heterocycles. The third kappa shape index (κ3) is 1.37. The first kappa shape index (κ1) is 8.11. The van der Waals surface area contributed by atoms with Crippen LogP contribution in [0.2, 0.25) is 0 Å². The molecule has 0 aromatic carbocycles. The molecule has 0 aromatic rings. The SMILES string of the molecule is CCC1=C(C)CNC(=O)N1C. The molecular formula is C8H14N2O. The second kappa shape index (κ2) is 2.95. The number of carbonyl (C=O) groups excluding carboxylic acids is 1. The molecule has 0 atom stereocenters. The Kier molecular flexibility index (Phi) is 2.17. The molecule has 0 saturated heterocycles. The van der Waals surface area contributed by atoms with Crippen molar-refractivity contribution in [1.29, 1.82) is 0 Å². The van der Waals surface area contributed by atoms with Crippen LogP contribution in [-0.2, 0) is 0 Å². The second-order valence-corrected chi connectivity index (χ2v) is 2.80. The fourth-order valence-electron chi connectivity index (χ4n) is 1.38. The van der Waals surface area contributed by atoms with E-state index in [0.29, 0.717) is 6.54 Å². The number of carbonyl (C=O) groups is 1. The molecule has 62 valence electrons. The summed E-state index contributed by atoms with van der Waals surface area (Å²) in [6.07, 6.45) is 0.926. The average molecular weight is 154 g/mol. The number of hydrogen-bond donors (Lipinski definition) is 1. The lowest BCUT2D eigenvalue weighted by Gasteiger charge is -2.27. The fourth-order valence-corrected chi connectivity index (χ4v) is 1.38. The summed E-state index contributed by atoms with van der Waals surface area (Å²) in [5.74, 6) is 0. The molecule has 0 radical (unpaired) electrons. The molecule has 1 rings (SSSR count). The molecule has 1 aliphatic rings. The van der Waals surface area contributed by atoms with Gasteiger partial charge in [0.15, 0.2) is 0 Å². The minimum Gasteiger partial charge on any atom is -0.334 e. The normalized spacial score (nSPS) is 18.8. The van der Waals surface area contributed by atoms with Crippen molar-refractivity contribution < 1.29 is 4.79 Å². The molecule has 1 heterocycles. The molecule has 0 bridgehead atoms. The van der Waals surface area contributed by atoms with E-state index in [-0.39, 0.29) is 6.03 Å². The van der Waals surface area contributed by atoms with E-state index in [0.717, 1.165) is 12.1 Å². The van der Waals surface area contributed by atoms with E-state index >= 15 is 0 Å². The lowest BCUT2D eigenvalue weighted by Crippen LogP contribution is -2.42. The van der Waals surface area contributed by atoms with Gasteiger partial charge in [-0.25, -0.2) is 4.79 Å². The molecule has 0 spiro atoms. The van der Waals surface area contributed by atoms with Crippen LogP contribution in [0.25, 0.3) is 0 Å². The van der Waals surface area contributed by atoms with Crippen LogP contribution in [0, 0.1) is 0 Å². The largest absolute Gasteiger partial charge is 0.334 e. The molecular weight excluding hydrogens is 140 g/mol. The molecule has 0 fully saturated rings. The average Bonchev–Trinajstić information content (AvgIpc) is 1.99. The fraction of sp³-hybridized carbons (Fsp3) is 0.625. The van der Waals surface area contributed by atoms with Gasteiger partial charge in [-0.3, -0.25) is 0 Å². The Balaban J connectivity index is 2.89. The number of allylic oxidation sites excluding steroid dienone is 1. The molecule has 0 unspecified atom stereocenters. The van der Waals surface area contributed by atoms with E-state index < -0.39 is 0 Å². The summed E-state index contributed by atoms with van der Waals surface area (Å²) in [7, 11) is 1.80. The van der Waals surface area contributed by atoms with Gasteiger partial charge in [0.05, 0.1) is 0 Å². The number of hydrogen-bond acceptors (Lipinski definition) is 1. The van der Waals surface area contributed by atoms with Gasteiger partial charge in [-0.05, 0) is 18.9 Å². The van der Waals surface area contributed by atoms with Gasteiger partial charge >= 0.3 is 6.03 Å². The van der Waals surface area contributed by atoms with Crippen LogP contribution in [0.5, 0.6) is 0 Å². The Morgan fingerprint density at radius 3 is 2.73 bits per heavy atom. The van der Waals surface area contributed by atoms with Crippen molar-refractivity contribution in [2.24, 2.45) is 0 Å².